The summed E-state index contributed by atoms with van der Waals surface area (Å²) in [6, 6.07) is 3.63. The number of rotatable bonds is 4. The van der Waals surface area contributed by atoms with E-state index in [0.29, 0.717) is 33.9 Å². The number of ketones is 2. The van der Waals surface area contributed by atoms with Gasteiger partial charge in [-0.25, -0.2) is 4.98 Å². The lowest BCUT2D eigenvalue weighted by Gasteiger charge is -2.14. The molecule has 24 heavy (non-hydrogen) atoms. The van der Waals surface area contributed by atoms with Crippen molar-refractivity contribution >= 4 is 28.7 Å². The van der Waals surface area contributed by atoms with Crippen LogP contribution in [0.25, 0.3) is 5.76 Å². The maximum Gasteiger partial charge on any atom is 0.204 e. The zero-order valence-corrected chi connectivity index (χ0v) is 14.4. The topological polar surface area (TPSA) is 80.2 Å². The molecule has 2 aromatic rings. The second-order valence-electron chi connectivity index (χ2n) is 5.81. The molecule has 1 aliphatic carbocycles. The molecule has 124 valence electrons. The van der Waals surface area contributed by atoms with Crippen LogP contribution in [0.5, 0.6) is 0 Å². The van der Waals surface area contributed by atoms with Crippen molar-refractivity contribution in [2.45, 2.75) is 39.5 Å². The van der Waals surface area contributed by atoms with Crippen molar-refractivity contribution < 1.29 is 14.7 Å². The van der Waals surface area contributed by atoms with E-state index in [9.17, 15) is 14.7 Å². The first-order valence-corrected chi connectivity index (χ1v) is 8.71. The molecule has 0 bridgehead atoms. The molecule has 0 fully saturated rings. The Kier molecular flexibility index (Phi) is 4.57. The lowest BCUT2D eigenvalue weighted by atomic mass is 9.93. The zero-order valence-electron chi connectivity index (χ0n) is 13.6. The third-order valence-corrected chi connectivity index (χ3v) is 5.08. The highest BCUT2D eigenvalue weighted by Crippen LogP contribution is 2.33. The molecule has 2 aromatic heterocycles. The van der Waals surface area contributed by atoms with Crippen LogP contribution in [0, 0.1) is 0 Å². The first kappa shape index (κ1) is 16.5. The van der Waals surface area contributed by atoms with Gasteiger partial charge in [0.1, 0.15) is 16.6 Å². The highest BCUT2D eigenvalue weighted by atomic mass is 32.1. The zero-order chi connectivity index (χ0) is 17.3. The van der Waals surface area contributed by atoms with Gasteiger partial charge in [0.15, 0.2) is 0 Å². The van der Waals surface area contributed by atoms with Crippen molar-refractivity contribution in [3.8, 4) is 0 Å². The standard InChI is InChI=1S/C18H18N2O3S/c1-3-12-5-4-11(9-19-12)16(22)13-6-7-14-18(17(13)23)24-15(20-14)8-10(2)21/h4-5,9,22H,3,6-8H2,1-2H3. The summed E-state index contributed by atoms with van der Waals surface area (Å²) in [5.74, 6) is -0.183. The average molecular weight is 342 g/mol. The molecule has 0 amide bonds. The van der Waals surface area contributed by atoms with E-state index in [1.807, 2.05) is 13.0 Å². The van der Waals surface area contributed by atoms with E-state index in [2.05, 4.69) is 9.97 Å². The molecule has 6 heteroatoms. The van der Waals surface area contributed by atoms with Crippen LogP contribution in [0.4, 0.5) is 0 Å². The summed E-state index contributed by atoms with van der Waals surface area (Å²) in [6.07, 6.45) is 3.70. The lowest BCUT2D eigenvalue weighted by molar-refractivity contribution is -0.116. The minimum absolute atomic E-state index is 0.0117. The number of aliphatic hydroxyl groups excluding tert-OH is 1. The van der Waals surface area contributed by atoms with Gasteiger partial charge in [-0.3, -0.25) is 14.6 Å². The summed E-state index contributed by atoms with van der Waals surface area (Å²) < 4.78 is 0. The summed E-state index contributed by atoms with van der Waals surface area (Å²) in [4.78, 5) is 33.1. The van der Waals surface area contributed by atoms with Gasteiger partial charge in [-0.15, -0.1) is 11.3 Å². The Hall–Kier alpha value is -2.34. The number of fused-ring (bicyclic) bond motifs is 1. The summed E-state index contributed by atoms with van der Waals surface area (Å²) in [7, 11) is 0. The number of hydrogen-bond acceptors (Lipinski definition) is 6. The van der Waals surface area contributed by atoms with Gasteiger partial charge in [-0.1, -0.05) is 6.92 Å². The largest absolute Gasteiger partial charge is 0.507 e. The second kappa shape index (κ2) is 6.65. The summed E-state index contributed by atoms with van der Waals surface area (Å²) in [5, 5.41) is 11.2. The molecule has 0 aliphatic heterocycles. The molecule has 0 aromatic carbocycles. The van der Waals surface area contributed by atoms with Gasteiger partial charge in [-0.2, -0.15) is 0 Å². The monoisotopic (exact) mass is 342 g/mol. The third-order valence-electron chi connectivity index (χ3n) is 3.98. The predicted octanol–water partition coefficient (Wildman–Crippen LogP) is 3.33. The Morgan fingerprint density at radius 2 is 2.12 bits per heavy atom. The van der Waals surface area contributed by atoms with Gasteiger partial charge < -0.3 is 5.11 Å². The maximum atomic E-state index is 12.7. The molecule has 0 saturated carbocycles. The summed E-state index contributed by atoms with van der Waals surface area (Å²) >= 11 is 1.25. The molecule has 1 N–H and O–H groups in total. The van der Waals surface area contributed by atoms with Crippen molar-refractivity contribution in [2.24, 2.45) is 0 Å². The number of allylic oxidation sites excluding steroid dienone is 1. The summed E-state index contributed by atoms with van der Waals surface area (Å²) in [5.41, 5.74) is 2.61. The first-order chi connectivity index (χ1) is 11.5. The van der Waals surface area contributed by atoms with Crippen LogP contribution in [-0.4, -0.2) is 26.6 Å². The van der Waals surface area contributed by atoms with Crippen molar-refractivity contribution in [3.05, 3.63) is 50.7 Å². The molecule has 2 heterocycles. The van der Waals surface area contributed by atoms with E-state index < -0.39 is 0 Å². The number of pyridine rings is 1. The van der Waals surface area contributed by atoms with E-state index in [0.717, 1.165) is 17.8 Å². The van der Waals surface area contributed by atoms with Gasteiger partial charge in [0.05, 0.1) is 17.0 Å². The molecule has 0 radical (unpaired) electrons. The molecule has 1 aliphatic rings. The number of carbonyl (C=O) groups is 2. The number of aromatic nitrogens is 2. The van der Waals surface area contributed by atoms with Crippen LogP contribution in [0.15, 0.2) is 23.9 Å². The van der Waals surface area contributed by atoms with Crippen LogP contribution in [0.3, 0.4) is 0 Å². The Balaban J connectivity index is 1.93. The van der Waals surface area contributed by atoms with E-state index in [1.54, 1.807) is 12.3 Å². The molecular weight excluding hydrogens is 324 g/mol. The highest BCUT2D eigenvalue weighted by molar-refractivity contribution is 7.14. The average Bonchev–Trinajstić information content (AvgIpc) is 2.97. The second-order valence-corrected chi connectivity index (χ2v) is 6.89. The minimum atomic E-state index is -0.194. The molecular formula is C18H18N2O3S. The van der Waals surface area contributed by atoms with E-state index in [4.69, 9.17) is 0 Å². The van der Waals surface area contributed by atoms with Crippen molar-refractivity contribution in [2.75, 3.05) is 0 Å². The van der Waals surface area contributed by atoms with Crippen molar-refractivity contribution in [1.82, 2.24) is 9.97 Å². The Morgan fingerprint density at radius 1 is 1.33 bits per heavy atom. The molecule has 3 rings (SSSR count). The van der Waals surface area contributed by atoms with E-state index in [1.165, 1.54) is 18.3 Å². The lowest BCUT2D eigenvalue weighted by Crippen LogP contribution is -2.14. The Labute approximate surface area is 144 Å². The smallest absolute Gasteiger partial charge is 0.204 e. The highest BCUT2D eigenvalue weighted by Gasteiger charge is 2.29. The van der Waals surface area contributed by atoms with Crippen LogP contribution in [0.2, 0.25) is 0 Å². The molecule has 0 spiro atoms. The fourth-order valence-corrected chi connectivity index (χ4v) is 3.85. The van der Waals surface area contributed by atoms with Gasteiger partial charge in [0.2, 0.25) is 5.78 Å². The molecule has 0 atom stereocenters. The Bertz CT molecular complexity index is 834. The Morgan fingerprint density at radius 3 is 2.75 bits per heavy atom. The van der Waals surface area contributed by atoms with E-state index >= 15 is 0 Å². The van der Waals surface area contributed by atoms with Crippen molar-refractivity contribution in [3.63, 3.8) is 0 Å². The number of carbonyl (C=O) groups excluding carboxylic acids is 2. The molecule has 0 unspecified atom stereocenters. The number of thiazole rings is 1. The normalized spacial score (nSPS) is 16.0. The number of aliphatic hydroxyl groups is 1. The van der Waals surface area contributed by atoms with Crippen LogP contribution in [-0.2, 0) is 24.1 Å². The molecule has 5 nitrogen and oxygen atoms in total. The van der Waals surface area contributed by atoms with Gasteiger partial charge in [0, 0.05) is 23.0 Å². The van der Waals surface area contributed by atoms with Crippen LogP contribution < -0.4 is 0 Å². The fourth-order valence-electron chi connectivity index (χ4n) is 2.70. The predicted molar refractivity (Wildman–Crippen MR) is 92.3 cm³/mol. The number of hydrogen-bond donors (Lipinski definition) is 1. The molecule has 0 saturated heterocycles. The SMILES string of the molecule is CCc1ccc(C(O)=C2CCc3nc(CC(C)=O)sc3C2=O)cn1. The van der Waals surface area contributed by atoms with Gasteiger partial charge >= 0.3 is 0 Å². The minimum Gasteiger partial charge on any atom is -0.507 e. The number of Topliss-reactive ketones (excluding diaryl/α,β-unsaturated/α-hetero) is 2. The van der Waals surface area contributed by atoms with Crippen molar-refractivity contribution in [1.29, 1.82) is 0 Å². The summed E-state index contributed by atoms with van der Waals surface area (Å²) in [6.45, 7) is 3.52. The van der Waals surface area contributed by atoms with Crippen LogP contribution >= 0.6 is 11.3 Å². The van der Waals surface area contributed by atoms with Crippen LogP contribution in [0.1, 0.15) is 51.9 Å². The quantitative estimate of drug-likeness (QED) is 0.681. The number of nitrogens with zero attached hydrogens (tertiary/aromatic N) is 2. The third kappa shape index (κ3) is 3.14. The van der Waals surface area contributed by atoms with Gasteiger partial charge in [0.25, 0.3) is 0 Å². The van der Waals surface area contributed by atoms with E-state index in [-0.39, 0.29) is 23.7 Å². The number of aryl methyl sites for hydroxylation is 2. The van der Waals surface area contributed by atoms with Gasteiger partial charge in [-0.05, 0) is 38.3 Å². The fraction of sp³-hybridized carbons (Fsp3) is 0.333. The maximum absolute atomic E-state index is 12.7. The first-order valence-electron chi connectivity index (χ1n) is 7.89.